The molecule has 0 spiro atoms. The summed E-state index contributed by atoms with van der Waals surface area (Å²) < 4.78 is 5.26. The maximum atomic E-state index is 12.6. The molecule has 3 rings (SSSR count). The highest BCUT2D eigenvalue weighted by Gasteiger charge is 2.41. The fourth-order valence-corrected chi connectivity index (χ4v) is 3.13. The Kier molecular flexibility index (Phi) is 5.09. The molecule has 0 bridgehead atoms. The van der Waals surface area contributed by atoms with Crippen LogP contribution in [0.25, 0.3) is 0 Å². The number of benzene rings is 2. The van der Waals surface area contributed by atoms with Gasteiger partial charge < -0.3 is 15.4 Å². The molecule has 0 saturated heterocycles. The maximum Gasteiger partial charge on any atom is 0.319 e. The van der Waals surface area contributed by atoms with Gasteiger partial charge in [-0.2, -0.15) is 0 Å². The average molecular weight is 381 g/mol. The molecule has 0 aromatic heterocycles. The fraction of sp³-hybridized carbons (Fsp3) is 0.286. The molecular weight excluding hydrogens is 358 g/mol. The molecule has 0 saturated carbocycles. The molecule has 2 N–H and O–H groups in total. The number of carbonyl (C=O) groups is 3. The largest absolute Gasteiger partial charge is 0.496 e. The molecule has 28 heavy (non-hydrogen) atoms. The summed E-state index contributed by atoms with van der Waals surface area (Å²) in [5.74, 6) is 0.0111. The minimum atomic E-state index is -0.618. The first-order valence-corrected chi connectivity index (χ1v) is 8.92. The predicted octanol–water partition coefficient (Wildman–Crippen LogP) is 3.41. The quantitative estimate of drug-likeness (QED) is 0.795. The first kappa shape index (κ1) is 19.4. The van der Waals surface area contributed by atoms with E-state index >= 15 is 0 Å². The third-order valence-corrected chi connectivity index (χ3v) is 4.45. The Labute approximate surface area is 163 Å². The van der Waals surface area contributed by atoms with Crippen LogP contribution >= 0.6 is 0 Å². The van der Waals surface area contributed by atoms with Gasteiger partial charge in [0.15, 0.2) is 0 Å². The fourth-order valence-electron chi connectivity index (χ4n) is 3.13. The summed E-state index contributed by atoms with van der Waals surface area (Å²) in [5, 5.41) is 5.45. The Morgan fingerprint density at radius 1 is 1.04 bits per heavy atom. The second kappa shape index (κ2) is 7.34. The van der Waals surface area contributed by atoms with Crippen molar-refractivity contribution in [3.05, 3.63) is 59.2 Å². The van der Waals surface area contributed by atoms with Crippen molar-refractivity contribution in [2.75, 3.05) is 12.4 Å². The number of anilines is 1. The lowest BCUT2D eigenvalue weighted by atomic mass is 10.1. The van der Waals surface area contributed by atoms with E-state index in [2.05, 4.69) is 10.6 Å². The van der Waals surface area contributed by atoms with Crippen molar-refractivity contribution in [3.63, 3.8) is 0 Å². The zero-order valence-electron chi connectivity index (χ0n) is 16.3. The van der Waals surface area contributed by atoms with E-state index < -0.39 is 11.6 Å². The van der Waals surface area contributed by atoms with Gasteiger partial charge in [-0.15, -0.1) is 0 Å². The van der Waals surface area contributed by atoms with Gasteiger partial charge in [-0.3, -0.25) is 14.5 Å². The van der Waals surface area contributed by atoms with E-state index in [4.69, 9.17) is 4.74 Å². The molecule has 1 aliphatic rings. The van der Waals surface area contributed by atoms with Crippen LogP contribution in [0.5, 0.6) is 5.75 Å². The summed E-state index contributed by atoms with van der Waals surface area (Å²) in [6.45, 7) is 5.70. The summed E-state index contributed by atoms with van der Waals surface area (Å²) in [6, 6.07) is 11.7. The number of para-hydroxylation sites is 1. The average Bonchev–Trinajstić information content (AvgIpc) is 2.90. The maximum absolute atomic E-state index is 12.6. The number of hydrogen-bond acceptors (Lipinski definition) is 4. The lowest BCUT2D eigenvalue weighted by Crippen LogP contribution is -2.45. The van der Waals surface area contributed by atoms with E-state index in [1.165, 1.54) is 11.0 Å². The van der Waals surface area contributed by atoms with Gasteiger partial charge in [-0.1, -0.05) is 18.2 Å². The zero-order chi connectivity index (χ0) is 20.5. The van der Waals surface area contributed by atoms with E-state index in [-0.39, 0.29) is 18.4 Å². The molecular formula is C21H23N3O4. The predicted molar refractivity (Wildman–Crippen MR) is 106 cm³/mol. The second-order valence-corrected chi connectivity index (χ2v) is 7.50. The summed E-state index contributed by atoms with van der Waals surface area (Å²) >= 11 is 0. The van der Waals surface area contributed by atoms with Crippen molar-refractivity contribution in [2.45, 2.75) is 32.9 Å². The van der Waals surface area contributed by atoms with Crippen LogP contribution in [0.2, 0.25) is 0 Å². The van der Waals surface area contributed by atoms with Crippen LogP contribution in [0.3, 0.4) is 0 Å². The van der Waals surface area contributed by atoms with Crippen LogP contribution in [0.1, 0.15) is 47.1 Å². The molecule has 146 valence electrons. The van der Waals surface area contributed by atoms with Crippen LogP contribution in [-0.4, -0.2) is 35.4 Å². The monoisotopic (exact) mass is 381 g/mol. The number of rotatable bonds is 4. The Morgan fingerprint density at radius 3 is 2.39 bits per heavy atom. The van der Waals surface area contributed by atoms with Crippen LogP contribution in [-0.2, 0) is 6.54 Å². The topological polar surface area (TPSA) is 87.7 Å². The van der Waals surface area contributed by atoms with E-state index in [0.29, 0.717) is 22.6 Å². The highest BCUT2D eigenvalue weighted by atomic mass is 16.5. The first-order valence-electron chi connectivity index (χ1n) is 8.92. The lowest BCUT2D eigenvalue weighted by Gasteiger charge is -2.29. The molecule has 0 unspecified atom stereocenters. The van der Waals surface area contributed by atoms with Gasteiger partial charge in [0.2, 0.25) is 0 Å². The molecule has 0 atom stereocenters. The van der Waals surface area contributed by atoms with Gasteiger partial charge in [0.05, 0.1) is 18.2 Å². The number of amides is 4. The van der Waals surface area contributed by atoms with Crippen LogP contribution in [0, 0.1) is 0 Å². The molecule has 7 nitrogen and oxygen atoms in total. The number of fused-ring (bicyclic) bond motifs is 1. The Hall–Kier alpha value is -3.35. The van der Waals surface area contributed by atoms with Crippen LogP contribution in [0.15, 0.2) is 42.5 Å². The highest BCUT2D eigenvalue weighted by Crippen LogP contribution is 2.30. The van der Waals surface area contributed by atoms with Crippen molar-refractivity contribution in [2.24, 2.45) is 0 Å². The van der Waals surface area contributed by atoms with Crippen molar-refractivity contribution in [1.29, 1.82) is 0 Å². The van der Waals surface area contributed by atoms with E-state index in [9.17, 15) is 14.4 Å². The van der Waals surface area contributed by atoms with Gasteiger partial charge in [-0.05, 0) is 45.0 Å². The van der Waals surface area contributed by atoms with E-state index in [1.54, 1.807) is 40.0 Å². The standard InChI is InChI=1S/C21H23N3O4/c1-21(2,3)24-18(25)15-10-9-14(11-16(15)19(24)26)23-20(27)22-12-13-7-5-6-8-17(13)28-4/h5-11H,12H2,1-4H3,(H2,22,23,27). The van der Waals surface area contributed by atoms with Crippen molar-refractivity contribution < 1.29 is 19.1 Å². The molecule has 0 fully saturated rings. The molecule has 1 aliphatic heterocycles. The minimum Gasteiger partial charge on any atom is -0.496 e. The van der Waals surface area contributed by atoms with E-state index in [1.807, 2.05) is 24.3 Å². The number of ether oxygens (including phenoxy) is 1. The van der Waals surface area contributed by atoms with E-state index in [0.717, 1.165) is 5.56 Å². The van der Waals surface area contributed by atoms with Gasteiger partial charge in [0.1, 0.15) is 5.75 Å². The smallest absolute Gasteiger partial charge is 0.319 e. The summed E-state index contributed by atoms with van der Waals surface area (Å²) in [7, 11) is 1.57. The van der Waals surface area contributed by atoms with Gasteiger partial charge in [-0.25, -0.2) is 4.79 Å². The Bertz CT molecular complexity index is 947. The van der Waals surface area contributed by atoms with Crippen molar-refractivity contribution >= 4 is 23.5 Å². The first-order chi connectivity index (χ1) is 13.2. The molecule has 2 aromatic rings. The van der Waals surface area contributed by atoms with Crippen LogP contribution in [0.4, 0.5) is 10.5 Å². The summed E-state index contributed by atoms with van der Waals surface area (Å²) in [5.41, 5.74) is 1.30. The third-order valence-electron chi connectivity index (χ3n) is 4.45. The number of nitrogens with zero attached hydrogens (tertiary/aromatic N) is 1. The molecule has 7 heteroatoms. The Balaban J connectivity index is 1.70. The molecule has 0 aliphatic carbocycles. The number of nitrogens with one attached hydrogen (secondary N) is 2. The number of hydrogen-bond donors (Lipinski definition) is 2. The number of urea groups is 1. The number of imide groups is 1. The minimum absolute atomic E-state index is 0.288. The van der Waals surface area contributed by atoms with Gasteiger partial charge in [0.25, 0.3) is 11.8 Å². The van der Waals surface area contributed by atoms with Crippen LogP contribution < -0.4 is 15.4 Å². The number of carbonyl (C=O) groups excluding carboxylic acids is 3. The molecule has 2 aromatic carbocycles. The molecule has 0 radical (unpaired) electrons. The summed E-state index contributed by atoms with van der Waals surface area (Å²) in [6.07, 6.45) is 0. The highest BCUT2D eigenvalue weighted by molar-refractivity contribution is 6.22. The SMILES string of the molecule is COc1ccccc1CNC(=O)Nc1ccc2c(c1)C(=O)N(C(C)(C)C)C2=O. The molecule has 1 heterocycles. The van der Waals surface area contributed by atoms with Crippen molar-refractivity contribution in [3.8, 4) is 5.75 Å². The van der Waals surface area contributed by atoms with Gasteiger partial charge in [0, 0.05) is 23.3 Å². The van der Waals surface area contributed by atoms with Crippen molar-refractivity contribution in [1.82, 2.24) is 10.2 Å². The second-order valence-electron chi connectivity index (χ2n) is 7.50. The number of methoxy groups -OCH3 is 1. The molecule has 4 amide bonds. The normalized spacial score (nSPS) is 13.4. The lowest BCUT2D eigenvalue weighted by molar-refractivity contribution is 0.0507. The third kappa shape index (κ3) is 3.69. The Morgan fingerprint density at radius 2 is 1.71 bits per heavy atom. The summed E-state index contributed by atoms with van der Waals surface area (Å²) in [4.78, 5) is 38.6. The zero-order valence-corrected chi connectivity index (χ0v) is 16.3. The van der Waals surface area contributed by atoms with Gasteiger partial charge >= 0.3 is 6.03 Å².